The lowest BCUT2D eigenvalue weighted by Crippen LogP contribution is -2.43. The Hall–Kier alpha value is 0.400. The molecular weight excluding hydrogens is 330 g/mol. The van der Waals surface area contributed by atoms with Gasteiger partial charge >= 0.3 is 5.97 Å². The zero-order chi connectivity index (χ0) is 15.3. The zero-order valence-corrected chi connectivity index (χ0v) is 15.0. The van der Waals surface area contributed by atoms with E-state index >= 15 is 0 Å². The highest BCUT2D eigenvalue weighted by atomic mass is 32.2. The van der Waals surface area contributed by atoms with E-state index < -0.39 is 0 Å². The Morgan fingerprint density at radius 2 is 1.76 bits per heavy atom. The first-order valence-corrected chi connectivity index (χ1v) is 10.1. The van der Waals surface area contributed by atoms with Crippen LogP contribution in [0.4, 0.5) is 0 Å². The first-order valence-electron chi connectivity index (χ1n) is 7.12. The summed E-state index contributed by atoms with van der Waals surface area (Å²) < 4.78 is 16.1. The van der Waals surface area contributed by atoms with Crippen LogP contribution in [0.1, 0.15) is 6.92 Å². The standard InChI is InChI=1S/C13H25NO4S3/c1-2-18-13(15)12(9-19)14-10-20-7-5-16-3-4-17-6-8-21-11-14/h12,19H,2-11H2,1H3. The van der Waals surface area contributed by atoms with Crippen LogP contribution in [0.2, 0.25) is 0 Å². The third-order valence-corrected chi connectivity index (χ3v) is 5.09. The molecule has 0 N–H and O–H groups in total. The number of rotatable bonds is 4. The van der Waals surface area contributed by atoms with Crippen LogP contribution in [0.15, 0.2) is 0 Å². The lowest BCUT2D eigenvalue weighted by atomic mass is 10.3. The normalized spacial score (nSPS) is 21.6. The average Bonchev–Trinajstić information content (AvgIpc) is 2.50. The maximum Gasteiger partial charge on any atom is 0.324 e. The van der Waals surface area contributed by atoms with Crippen LogP contribution in [0.5, 0.6) is 0 Å². The number of hydrogen-bond donors (Lipinski definition) is 1. The van der Waals surface area contributed by atoms with Crippen LogP contribution < -0.4 is 0 Å². The smallest absolute Gasteiger partial charge is 0.324 e. The monoisotopic (exact) mass is 355 g/mol. The second-order valence-electron chi connectivity index (χ2n) is 4.34. The molecule has 0 aromatic heterocycles. The SMILES string of the molecule is CCOC(=O)C(CS)N1CSCCOCCOCCSC1. The summed E-state index contributed by atoms with van der Waals surface area (Å²) in [6, 6.07) is -0.291. The Balaban J connectivity index is 2.53. The van der Waals surface area contributed by atoms with Crippen LogP contribution in [0.25, 0.3) is 0 Å². The molecule has 0 saturated carbocycles. The van der Waals surface area contributed by atoms with Crippen molar-refractivity contribution in [3.63, 3.8) is 0 Å². The fourth-order valence-electron chi connectivity index (χ4n) is 1.72. The maximum absolute atomic E-state index is 12.0. The highest BCUT2D eigenvalue weighted by molar-refractivity contribution is 8.00. The molecule has 1 atom stereocenters. The van der Waals surface area contributed by atoms with Gasteiger partial charge in [-0.25, -0.2) is 0 Å². The van der Waals surface area contributed by atoms with Gasteiger partial charge in [0.2, 0.25) is 0 Å². The molecule has 1 heterocycles. The van der Waals surface area contributed by atoms with E-state index in [1.54, 1.807) is 23.5 Å². The fraction of sp³-hybridized carbons (Fsp3) is 0.923. The molecular formula is C13H25NO4S3. The molecule has 1 rings (SSSR count). The molecule has 0 aromatic rings. The van der Waals surface area contributed by atoms with Crippen LogP contribution in [0, 0.1) is 0 Å². The molecule has 5 nitrogen and oxygen atoms in total. The number of carbonyl (C=O) groups is 1. The molecule has 0 bridgehead atoms. The molecule has 1 fully saturated rings. The van der Waals surface area contributed by atoms with Crippen molar-refractivity contribution >= 4 is 42.1 Å². The Labute approximate surface area is 141 Å². The van der Waals surface area contributed by atoms with Gasteiger partial charge in [-0.05, 0) is 6.92 Å². The van der Waals surface area contributed by atoms with Crippen molar-refractivity contribution < 1.29 is 19.0 Å². The summed E-state index contributed by atoms with van der Waals surface area (Å²) in [6.45, 7) is 4.94. The Morgan fingerprint density at radius 3 is 2.24 bits per heavy atom. The Kier molecular flexibility index (Phi) is 11.9. The fourth-order valence-corrected chi connectivity index (χ4v) is 3.95. The van der Waals surface area contributed by atoms with Gasteiger partial charge in [0.1, 0.15) is 6.04 Å². The summed E-state index contributed by atoms with van der Waals surface area (Å²) in [5, 5.41) is 0. The number of esters is 1. The molecule has 1 unspecified atom stereocenters. The van der Waals surface area contributed by atoms with Gasteiger partial charge in [-0.3, -0.25) is 9.69 Å². The first kappa shape index (κ1) is 19.4. The lowest BCUT2D eigenvalue weighted by Gasteiger charge is -2.28. The van der Waals surface area contributed by atoms with Crippen molar-refractivity contribution in [1.29, 1.82) is 0 Å². The Bertz CT molecular complexity index is 270. The van der Waals surface area contributed by atoms with Gasteiger partial charge < -0.3 is 14.2 Å². The van der Waals surface area contributed by atoms with E-state index in [-0.39, 0.29) is 12.0 Å². The summed E-state index contributed by atoms with van der Waals surface area (Å²) in [7, 11) is 0. The van der Waals surface area contributed by atoms with Crippen molar-refractivity contribution in [2.45, 2.75) is 13.0 Å². The van der Waals surface area contributed by atoms with Gasteiger partial charge in [-0.1, -0.05) is 0 Å². The van der Waals surface area contributed by atoms with Crippen LogP contribution in [0.3, 0.4) is 0 Å². The number of thioether (sulfide) groups is 2. The molecule has 21 heavy (non-hydrogen) atoms. The summed E-state index contributed by atoms with van der Waals surface area (Å²) >= 11 is 7.85. The second-order valence-corrected chi connectivity index (χ2v) is 6.85. The summed E-state index contributed by atoms with van der Waals surface area (Å²) in [6.07, 6.45) is 0. The molecule has 1 aliphatic rings. The van der Waals surface area contributed by atoms with Crippen molar-refractivity contribution in [3.05, 3.63) is 0 Å². The largest absolute Gasteiger partial charge is 0.465 e. The van der Waals surface area contributed by atoms with E-state index in [1.165, 1.54) is 0 Å². The minimum atomic E-state index is -0.291. The van der Waals surface area contributed by atoms with Gasteiger partial charge in [0.05, 0.1) is 33.0 Å². The van der Waals surface area contributed by atoms with E-state index in [4.69, 9.17) is 14.2 Å². The van der Waals surface area contributed by atoms with E-state index in [9.17, 15) is 4.79 Å². The van der Waals surface area contributed by atoms with Crippen molar-refractivity contribution in [2.75, 3.05) is 62.0 Å². The van der Waals surface area contributed by atoms with E-state index in [2.05, 4.69) is 17.5 Å². The minimum absolute atomic E-state index is 0.189. The van der Waals surface area contributed by atoms with E-state index in [1.807, 2.05) is 6.92 Å². The molecule has 0 aliphatic carbocycles. The average molecular weight is 356 g/mol. The van der Waals surface area contributed by atoms with Gasteiger partial charge in [-0.15, -0.1) is 23.5 Å². The van der Waals surface area contributed by atoms with Crippen molar-refractivity contribution in [3.8, 4) is 0 Å². The number of nitrogens with zero attached hydrogens (tertiary/aromatic N) is 1. The molecule has 0 radical (unpaired) electrons. The molecule has 0 spiro atoms. The van der Waals surface area contributed by atoms with Gasteiger partial charge in [0, 0.05) is 29.0 Å². The quantitative estimate of drug-likeness (QED) is 0.607. The molecule has 1 aliphatic heterocycles. The van der Waals surface area contributed by atoms with Crippen LogP contribution >= 0.6 is 36.2 Å². The Morgan fingerprint density at radius 1 is 1.19 bits per heavy atom. The molecule has 0 amide bonds. The molecule has 1 saturated heterocycles. The van der Waals surface area contributed by atoms with Gasteiger partial charge in [0.15, 0.2) is 0 Å². The van der Waals surface area contributed by atoms with E-state index in [0.29, 0.717) is 38.8 Å². The summed E-state index contributed by atoms with van der Waals surface area (Å²) in [5.41, 5.74) is 0. The predicted octanol–water partition coefficient (Wildman–Crippen LogP) is 1.58. The topological polar surface area (TPSA) is 48.0 Å². The zero-order valence-electron chi connectivity index (χ0n) is 12.5. The summed E-state index contributed by atoms with van der Waals surface area (Å²) in [5.74, 6) is 3.65. The van der Waals surface area contributed by atoms with E-state index in [0.717, 1.165) is 23.3 Å². The van der Waals surface area contributed by atoms with Crippen molar-refractivity contribution in [2.24, 2.45) is 0 Å². The lowest BCUT2D eigenvalue weighted by molar-refractivity contribution is -0.147. The summed E-state index contributed by atoms with van der Waals surface area (Å²) in [4.78, 5) is 14.1. The minimum Gasteiger partial charge on any atom is -0.465 e. The number of hydrogen-bond acceptors (Lipinski definition) is 8. The third kappa shape index (κ3) is 8.56. The van der Waals surface area contributed by atoms with Crippen LogP contribution in [-0.2, 0) is 19.0 Å². The first-order chi connectivity index (χ1) is 10.3. The van der Waals surface area contributed by atoms with Crippen molar-refractivity contribution in [1.82, 2.24) is 4.90 Å². The predicted molar refractivity (Wildman–Crippen MR) is 92.4 cm³/mol. The number of carbonyl (C=O) groups excluding carboxylic acids is 1. The molecule has 0 aromatic carbocycles. The van der Waals surface area contributed by atoms with Crippen LogP contribution in [-0.4, -0.2) is 79.0 Å². The van der Waals surface area contributed by atoms with Gasteiger partial charge in [0.25, 0.3) is 0 Å². The number of ether oxygens (including phenoxy) is 3. The molecule has 124 valence electrons. The highest BCUT2D eigenvalue weighted by Gasteiger charge is 2.25. The third-order valence-electron chi connectivity index (χ3n) is 2.80. The van der Waals surface area contributed by atoms with Gasteiger partial charge in [-0.2, -0.15) is 12.6 Å². The molecule has 8 heteroatoms. The highest BCUT2D eigenvalue weighted by Crippen LogP contribution is 2.16. The number of thiol groups is 1. The maximum atomic E-state index is 12.0. The second kappa shape index (κ2) is 12.9.